The lowest BCUT2D eigenvalue weighted by Crippen LogP contribution is -2.47. The maximum absolute atomic E-state index is 8.10. The summed E-state index contributed by atoms with van der Waals surface area (Å²) in [4.78, 5) is 4.45. The molecule has 0 atom stereocenters. The second-order valence-corrected chi connectivity index (χ2v) is 4.00. The minimum Gasteiger partial charge on any atom is -0.354 e. The smallest absolute Gasteiger partial charge is 0.128 e. The molecule has 1 aliphatic rings. The predicted octanol–water partition coefficient (Wildman–Crippen LogP) is 1.26. The second kappa shape index (κ2) is 4.45. The number of benzene rings is 1. The molecule has 2 rings (SSSR count). The summed E-state index contributed by atoms with van der Waals surface area (Å²) in [5.41, 5.74) is 1.02. The van der Waals surface area contributed by atoms with Gasteiger partial charge in [0, 0.05) is 31.7 Å². The first-order valence-electron chi connectivity index (χ1n) is 5.35. The van der Waals surface area contributed by atoms with Gasteiger partial charge in [0.25, 0.3) is 0 Å². The molecule has 1 aliphatic heterocycles. The van der Waals surface area contributed by atoms with Crippen molar-refractivity contribution < 1.29 is 0 Å². The Bertz CT molecular complexity index is 326. The van der Waals surface area contributed by atoms with E-state index in [4.69, 9.17) is 5.41 Å². The second-order valence-electron chi connectivity index (χ2n) is 4.00. The quantitative estimate of drug-likeness (QED) is 0.550. The highest BCUT2D eigenvalue weighted by atomic mass is 15.3. The number of nitrogens with one attached hydrogen (secondary N) is 1. The summed E-state index contributed by atoms with van der Waals surface area (Å²) in [5, 5.41) is 8.10. The lowest BCUT2D eigenvalue weighted by Gasteiger charge is -2.34. The van der Waals surface area contributed by atoms with E-state index in [0.29, 0.717) is 5.84 Å². The van der Waals surface area contributed by atoms with Gasteiger partial charge in [-0.25, -0.2) is 0 Å². The first kappa shape index (κ1) is 10.2. The van der Waals surface area contributed by atoms with Crippen LogP contribution < -0.4 is 0 Å². The number of hydrogen-bond acceptors (Lipinski definition) is 2. The van der Waals surface area contributed by atoms with Gasteiger partial charge >= 0.3 is 0 Å². The predicted molar refractivity (Wildman–Crippen MR) is 62.3 cm³/mol. The van der Waals surface area contributed by atoms with Crippen molar-refractivity contribution in [2.24, 2.45) is 0 Å². The highest BCUT2D eigenvalue weighted by Crippen LogP contribution is 2.07. The van der Waals surface area contributed by atoms with Gasteiger partial charge < -0.3 is 9.80 Å². The van der Waals surface area contributed by atoms with Gasteiger partial charge in [-0.15, -0.1) is 0 Å². The van der Waals surface area contributed by atoms with Crippen molar-refractivity contribution in [1.29, 1.82) is 5.41 Å². The number of nitrogens with zero attached hydrogens (tertiary/aromatic N) is 2. The molecule has 1 aromatic rings. The molecule has 0 unspecified atom stereocenters. The largest absolute Gasteiger partial charge is 0.354 e. The summed E-state index contributed by atoms with van der Waals surface area (Å²) < 4.78 is 0. The summed E-state index contributed by atoms with van der Waals surface area (Å²) in [7, 11) is 2.13. The monoisotopic (exact) mass is 203 g/mol. The van der Waals surface area contributed by atoms with Crippen molar-refractivity contribution in [3.8, 4) is 0 Å². The van der Waals surface area contributed by atoms with Crippen LogP contribution in [0, 0.1) is 5.41 Å². The van der Waals surface area contributed by atoms with Crippen molar-refractivity contribution in [2.75, 3.05) is 33.2 Å². The first-order valence-corrected chi connectivity index (χ1v) is 5.35. The van der Waals surface area contributed by atoms with Crippen LogP contribution in [0.3, 0.4) is 0 Å². The van der Waals surface area contributed by atoms with Gasteiger partial charge in [0.05, 0.1) is 0 Å². The Balaban J connectivity index is 2.03. The molecule has 1 heterocycles. The molecule has 3 heteroatoms. The molecule has 0 amide bonds. The van der Waals surface area contributed by atoms with E-state index >= 15 is 0 Å². The van der Waals surface area contributed by atoms with E-state index in [-0.39, 0.29) is 0 Å². The van der Waals surface area contributed by atoms with Crippen LogP contribution in [0.15, 0.2) is 30.3 Å². The fraction of sp³-hybridized carbons (Fsp3) is 0.417. The number of rotatable bonds is 1. The average Bonchev–Trinajstić information content (AvgIpc) is 2.30. The summed E-state index contributed by atoms with van der Waals surface area (Å²) in [6, 6.07) is 9.96. The molecular weight excluding hydrogens is 186 g/mol. The normalized spacial score (nSPS) is 17.8. The maximum atomic E-state index is 8.10. The van der Waals surface area contributed by atoms with Crippen LogP contribution in [0.4, 0.5) is 0 Å². The van der Waals surface area contributed by atoms with E-state index in [2.05, 4.69) is 16.8 Å². The zero-order valence-electron chi connectivity index (χ0n) is 9.11. The lowest BCUT2D eigenvalue weighted by molar-refractivity contribution is 0.215. The Morgan fingerprint density at radius 3 is 2.27 bits per heavy atom. The van der Waals surface area contributed by atoms with Crippen molar-refractivity contribution in [1.82, 2.24) is 9.80 Å². The Kier molecular flexibility index (Phi) is 3.02. The van der Waals surface area contributed by atoms with Crippen LogP contribution in [-0.4, -0.2) is 48.9 Å². The van der Waals surface area contributed by atoms with Crippen LogP contribution in [0.2, 0.25) is 0 Å². The third kappa shape index (κ3) is 2.36. The van der Waals surface area contributed by atoms with Crippen molar-refractivity contribution >= 4 is 5.84 Å². The Morgan fingerprint density at radius 1 is 1.07 bits per heavy atom. The molecule has 1 N–H and O–H groups in total. The Morgan fingerprint density at radius 2 is 1.67 bits per heavy atom. The van der Waals surface area contributed by atoms with E-state index in [1.54, 1.807) is 0 Å². The summed E-state index contributed by atoms with van der Waals surface area (Å²) in [5.74, 6) is 0.656. The summed E-state index contributed by atoms with van der Waals surface area (Å²) in [6.07, 6.45) is 0. The first-order chi connectivity index (χ1) is 7.27. The number of hydrogen-bond donors (Lipinski definition) is 1. The number of likely N-dealkylation sites (N-methyl/N-ethyl adjacent to an activating group) is 1. The van der Waals surface area contributed by atoms with E-state index in [9.17, 15) is 0 Å². The molecule has 80 valence electrons. The molecule has 0 aromatic heterocycles. The van der Waals surface area contributed by atoms with Gasteiger partial charge in [0.15, 0.2) is 0 Å². The van der Waals surface area contributed by atoms with Crippen LogP contribution in [0.5, 0.6) is 0 Å². The zero-order valence-corrected chi connectivity index (χ0v) is 9.11. The van der Waals surface area contributed by atoms with Gasteiger partial charge in [-0.05, 0) is 7.05 Å². The molecule has 1 saturated heterocycles. The standard InChI is InChI=1S/C12H17N3/c1-14-7-9-15(10-8-14)12(13)11-5-3-2-4-6-11/h2-6,13H,7-10H2,1H3. The van der Waals surface area contributed by atoms with E-state index < -0.39 is 0 Å². The van der Waals surface area contributed by atoms with Crippen molar-refractivity contribution in [2.45, 2.75) is 0 Å². The minimum atomic E-state index is 0.656. The SMILES string of the molecule is CN1CCN(C(=N)c2ccccc2)CC1. The van der Waals surface area contributed by atoms with Crippen LogP contribution >= 0.6 is 0 Å². The van der Waals surface area contributed by atoms with Crippen LogP contribution in [-0.2, 0) is 0 Å². The highest BCUT2D eigenvalue weighted by Gasteiger charge is 2.16. The Labute approximate surface area is 90.8 Å². The third-order valence-corrected chi connectivity index (χ3v) is 2.87. The summed E-state index contributed by atoms with van der Waals surface area (Å²) >= 11 is 0. The van der Waals surface area contributed by atoms with Crippen molar-refractivity contribution in [3.63, 3.8) is 0 Å². The van der Waals surface area contributed by atoms with Gasteiger partial charge in [-0.2, -0.15) is 0 Å². The molecule has 15 heavy (non-hydrogen) atoms. The van der Waals surface area contributed by atoms with Crippen molar-refractivity contribution in [3.05, 3.63) is 35.9 Å². The van der Waals surface area contributed by atoms with Gasteiger partial charge in [-0.3, -0.25) is 5.41 Å². The third-order valence-electron chi connectivity index (χ3n) is 2.87. The van der Waals surface area contributed by atoms with E-state index in [1.165, 1.54) is 0 Å². The zero-order chi connectivity index (χ0) is 10.7. The molecule has 3 nitrogen and oxygen atoms in total. The fourth-order valence-electron chi connectivity index (χ4n) is 1.81. The molecule has 1 aromatic carbocycles. The topological polar surface area (TPSA) is 30.3 Å². The van der Waals surface area contributed by atoms with Gasteiger partial charge in [0.1, 0.15) is 5.84 Å². The molecule has 0 radical (unpaired) electrons. The molecule has 0 saturated carbocycles. The molecular formula is C12H17N3. The molecule has 1 fully saturated rings. The maximum Gasteiger partial charge on any atom is 0.128 e. The molecule has 0 bridgehead atoms. The van der Waals surface area contributed by atoms with Crippen LogP contribution in [0.1, 0.15) is 5.56 Å². The minimum absolute atomic E-state index is 0.656. The fourth-order valence-corrected chi connectivity index (χ4v) is 1.81. The van der Waals surface area contributed by atoms with Gasteiger partial charge in [0.2, 0.25) is 0 Å². The summed E-state index contributed by atoms with van der Waals surface area (Å²) in [6.45, 7) is 4.03. The van der Waals surface area contributed by atoms with E-state index in [0.717, 1.165) is 31.7 Å². The lowest BCUT2D eigenvalue weighted by atomic mass is 10.2. The number of amidine groups is 1. The Hall–Kier alpha value is -1.35. The number of piperazine rings is 1. The highest BCUT2D eigenvalue weighted by molar-refractivity contribution is 5.96. The molecule has 0 aliphatic carbocycles. The average molecular weight is 203 g/mol. The molecule has 0 spiro atoms. The van der Waals surface area contributed by atoms with E-state index in [1.807, 2.05) is 30.3 Å². The van der Waals surface area contributed by atoms with Crippen LogP contribution in [0.25, 0.3) is 0 Å². The van der Waals surface area contributed by atoms with Gasteiger partial charge in [-0.1, -0.05) is 30.3 Å².